The third-order valence-corrected chi connectivity index (χ3v) is 4.26. The van der Waals surface area contributed by atoms with Crippen LogP contribution in [0.3, 0.4) is 0 Å². The van der Waals surface area contributed by atoms with E-state index in [0.717, 1.165) is 10.5 Å². The monoisotopic (exact) mass is 375 g/mol. The topological polar surface area (TPSA) is 69.1 Å². The minimum absolute atomic E-state index is 0.108. The molecule has 7 heteroatoms. The van der Waals surface area contributed by atoms with Gasteiger partial charge in [0.2, 0.25) is 6.79 Å². The summed E-state index contributed by atoms with van der Waals surface area (Å²) in [6.45, 7) is 2.47. The average molecular weight is 376 g/mol. The number of halogens is 1. The molecule has 6 nitrogen and oxygen atoms in total. The molecule has 0 aliphatic carbocycles. The highest BCUT2D eigenvalue weighted by Gasteiger charge is 2.21. The summed E-state index contributed by atoms with van der Waals surface area (Å²) in [6.07, 6.45) is 0. The van der Waals surface area contributed by atoms with Crippen molar-refractivity contribution in [3.63, 3.8) is 0 Å². The molecule has 1 unspecified atom stereocenters. The summed E-state index contributed by atoms with van der Waals surface area (Å²) in [5.41, 5.74) is 1.88. The fourth-order valence-corrected chi connectivity index (χ4v) is 3.08. The van der Waals surface area contributed by atoms with E-state index in [4.69, 9.17) is 21.1 Å². The maximum absolute atomic E-state index is 12.4. The van der Waals surface area contributed by atoms with Crippen LogP contribution in [-0.2, 0) is 11.3 Å². The zero-order chi connectivity index (χ0) is 18.7. The maximum Gasteiger partial charge on any atom is 0.279 e. The molecule has 0 aromatic heterocycles. The molecule has 0 bridgehead atoms. The first-order valence-corrected chi connectivity index (χ1v) is 8.60. The van der Waals surface area contributed by atoms with Crippen molar-refractivity contribution in [2.24, 2.45) is 0 Å². The van der Waals surface area contributed by atoms with Crippen LogP contribution in [0.1, 0.15) is 22.8 Å². The average Bonchev–Trinajstić information content (AvgIpc) is 3.00. The van der Waals surface area contributed by atoms with Gasteiger partial charge in [0.25, 0.3) is 5.91 Å². The minimum atomic E-state index is -0.189. The van der Waals surface area contributed by atoms with E-state index in [1.165, 1.54) is 6.92 Å². The van der Waals surface area contributed by atoms with Crippen molar-refractivity contribution in [2.45, 2.75) is 13.5 Å². The molecular weight excluding hydrogens is 356 g/mol. The zero-order valence-electron chi connectivity index (χ0n) is 14.6. The molecule has 26 heavy (non-hydrogen) atoms. The summed E-state index contributed by atoms with van der Waals surface area (Å²) < 4.78 is 10.6. The van der Waals surface area contributed by atoms with Crippen molar-refractivity contribution in [3.8, 4) is 11.5 Å². The van der Waals surface area contributed by atoms with Gasteiger partial charge >= 0.3 is 0 Å². The van der Waals surface area contributed by atoms with Gasteiger partial charge in [-0.1, -0.05) is 23.7 Å². The van der Waals surface area contributed by atoms with Crippen LogP contribution < -0.4 is 19.7 Å². The summed E-state index contributed by atoms with van der Waals surface area (Å²) in [6, 6.07) is 10.8. The van der Waals surface area contributed by atoms with Gasteiger partial charge in [-0.2, -0.15) is 0 Å². The summed E-state index contributed by atoms with van der Waals surface area (Å²) in [7, 11) is 1.92. The van der Waals surface area contributed by atoms with Gasteiger partial charge < -0.3 is 19.7 Å². The molecule has 1 atom stereocenters. The van der Waals surface area contributed by atoms with E-state index in [0.29, 0.717) is 34.3 Å². The van der Waals surface area contributed by atoms with Crippen LogP contribution in [0.25, 0.3) is 0 Å². The number of likely N-dealkylation sites (N-methyl/N-ethyl adjacent to an activating group) is 1. The Morgan fingerprint density at radius 2 is 1.92 bits per heavy atom. The Balaban J connectivity index is 1.67. The van der Waals surface area contributed by atoms with Gasteiger partial charge in [-0.3, -0.25) is 9.59 Å². The van der Waals surface area contributed by atoms with Crippen molar-refractivity contribution in [2.75, 3.05) is 25.7 Å². The smallest absolute Gasteiger partial charge is 0.279 e. The molecule has 2 aromatic rings. The zero-order valence-corrected chi connectivity index (χ0v) is 15.4. The molecular formula is C19H20ClN2O4+. The number of anilines is 1. The van der Waals surface area contributed by atoms with E-state index < -0.39 is 0 Å². The number of benzene rings is 2. The molecule has 2 aromatic carbocycles. The molecule has 0 spiro atoms. The Bertz CT molecular complexity index is 853. The second kappa shape index (κ2) is 7.76. The normalized spacial score (nSPS) is 13.3. The van der Waals surface area contributed by atoms with Gasteiger partial charge in [0, 0.05) is 22.2 Å². The molecule has 0 saturated carbocycles. The predicted octanol–water partition coefficient (Wildman–Crippen LogP) is 1.92. The van der Waals surface area contributed by atoms with Gasteiger partial charge in [-0.05, 0) is 25.1 Å². The number of ketones is 1. The van der Waals surface area contributed by atoms with Crippen LogP contribution in [0.5, 0.6) is 11.5 Å². The number of Topliss-reactive ketones (excluding diaryl/α,β-unsaturated/α-hetero) is 1. The molecule has 136 valence electrons. The van der Waals surface area contributed by atoms with E-state index >= 15 is 0 Å². The number of fused-ring (bicyclic) bond motifs is 1. The van der Waals surface area contributed by atoms with Gasteiger partial charge in [0.15, 0.2) is 23.8 Å². The first-order chi connectivity index (χ1) is 12.4. The summed E-state index contributed by atoms with van der Waals surface area (Å²) in [5, 5.41) is 3.48. The van der Waals surface area contributed by atoms with Crippen LogP contribution in [0.4, 0.5) is 5.69 Å². The lowest BCUT2D eigenvalue weighted by Crippen LogP contribution is -3.08. The van der Waals surface area contributed by atoms with E-state index in [-0.39, 0.29) is 25.0 Å². The molecule has 1 amide bonds. The van der Waals surface area contributed by atoms with Crippen molar-refractivity contribution in [1.82, 2.24) is 0 Å². The van der Waals surface area contributed by atoms with Crippen LogP contribution in [-0.4, -0.2) is 32.1 Å². The number of nitrogens with one attached hydrogen (secondary N) is 2. The highest BCUT2D eigenvalue weighted by molar-refractivity contribution is 6.30. The van der Waals surface area contributed by atoms with Crippen LogP contribution >= 0.6 is 11.6 Å². The Morgan fingerprint density at radius 1 is 1.19 bits per heavy atom. The minimum Gasteiger partial charge on any atom is -0.454 e. The van der Waals surface area contributed by atoms with E-state index in [9.17, 15) is 9.59 Å². The quantitative estimate of drug-likeness (QED) is 0.757. The number of amides is 1. The number of quaternary nitrogens is 1. The molecule has 1 heterocycles. The molecule has 1 aliphatic heterocycles. The highest BCUT2D eigenvalue weighted by Crippen LogP contribution is 2.37. The number of carbonyl (C=O) groups excluding carboxylic acids is 2. The lowest BCUT2D eigenvalue weighted by atomic mass is 10.1. The van der Waals surface area contributed by atoms with Crippen LogP contribution in [0.15, 0.2) is 36.4 Å². The summed E-state index contributed by atoms with van der Waals surface area (Å²) in [5.74, 6) is 0.686. The van der Waals surface area contributed by atoms with Crippen molar-refractivity contribution >= 4 is 29.0 Å². The van der Waals surface area contributed by atoms with Crippen molar-refractivity contribution < 1.29 is 24.0 Å². The number of carbonyl (C=O) groups is 2. The molecule has 0 fully saturated rings. The largest absolute Gasteiger partial charge is 0.454 e. The Labute approximate surface area is 156 Å². The molecule has 3 rings (SSSR count). The number of hydrogen-bond donors (Lipinski definition) is 2. The van der Waals surface area contributed by atoms with E-state index in [2.05, 4.69) is 5.32 Å². The fraction of sp³-hybridized carbons (Fsp3) is 0.263. The fourth-order valence-electron chi connectivity index (χ4n) is 2.86. The Morgan fingerprint density at radius 3 is 2.62 bits per heavy atom. The van der Waals surface area contributed by atoms with Crippen molar-refractivity contribution in [1.29, 1.82) is 0 Å². The summed E-state index contributed by atoms with van der Waals surface area (Å²) in [4.78, 5) is 25.3. The third-order valence-electron chi connectivity index (χ3n) is 4.02. The van der Waals surface area contributed by atoms with Crippen LogP contribution in [0, 0.1) is 0 Å². The SMILES string of the molecule is CC(=O)c1cc2c(cc1NC(=O)C[NH+](C)Cc1cccc(Cl)c1)OCO2. The first kappa shape index (κ1) is 18.2. The van der Waals surface area contributed by atoms with E-state index in [1.807, 2.05) is 31.3 Å². The van der Waals surface area contributed by atoms with Crippen molar-refractivity contribution in [3.05, 3.63) is 52.5 Å². The lowest BCUT2D eigenvalue weighted by Gasteiger charge is -2.15. The van der Waals surface area contributed by atoms with Gasteiger partial charge in [0.1, 0.15) is 6.54 Å². The maximum atomic E-state index is 12.4. The summed E-state index contributed by atoms with van der Waals surface area (Å²) >= 11 is 5.99. The molecule has 0 saturated heterocycles. The number of ether oxygens (including phenoxy) is 2. The second-order valence-corrected chi connectivity index (χ2v) is 6.73. The van der Waals surface area contributed by atoms with E-state index in [1.54, 1.807) is 12.1 Å². The third kappa shape index (κ3) is 4.33. The first-order valence-electron chi connectivity index (χ1n) is 8.22. The van der Waals surface area contributed by atoms with Gasteiger partial charge in [-0.25, -0.2) is 0 Å². The number of rotatable bonds is 6. The molecule has 2 N–H and O–H groups in total. The van der Waals surface area contributed by atoms with Crippen LogP contribution in [0.2, 0.25) is 5.02 Å². The predicted molar refractivity (Wildman–Crippen MR) is 98.1 cm³/mol. The lowest BCUT2D eigenvalue weighted by molar-refractivity contribution is -0.885. The number of hydrogen-bond acceptors (Lipinski definition) is 4. The Kier molecular flexibility index (Phi) is 5.44. The highest BCUT2D eigenvalue weighted by atomic mass is 35.5. The molecule has 0 radical (unpaired) electrons. The molecule has 1 aliphatic rings. The Hall–Kier alpha value is -2.57. The van der Waals surface area contributed by atoms with Gasteiger partial charge in [0.05, 0.1) is 12.7 Å². The van der Waals surface area contributed by atoms with Gasteiger partial charge in [-0.15, -0.1) is 0 Å². The second-order valence-electron chi connectivity index (χ2n) is 6.30. The standard InChI is InChI=1S/C19H19ClN2O4/c1-12(23)15-7-17-18(26-11-25-17)8-16(15)21-19(24)10-22(2)9-13-4-3-5-14(20)6-13/h3-8H,9-11H2,1-2H3,(H,21,24)/p+1.